The molecular weight excluding hydrogens is 262 g/mol. The van der Waals surface area contributed by atoms with Crippen molar-refractivity contribution in [1.82, 2.24) is 5.32 Å². The van der Waals surface area contributed by atoms with Crippen LogP contribution in [0, 0.1) is 0 Å². The quantitative estimate of drug-likeness (QED) is 0.737. The highest BCUT2D eigenvalue weighted by Crippen LogP contribution is 2.24. The number of carboxylic acid groups (broad SMARTS) is 1. The van der Waals surface area contributed by atoms with E-state index in [1.54, 1.807) is 11.0 Å². The lowest BCUT2D eigenvalue weighted by Gasteiger charge is -2.29. The van der Waals surface area contributed by atoms with Gasteiger partial charge in [0, 0.05) is 25.7 Å². The second kappa shape index (κ2) is 5.60. The van der Waals surface area contributed by atoms with Gasteiger partial charge in [0.05, 0.1) is 17.8 Å². The highest BCUT2D eigenvalue weighted by atomic mass is 16.4. The van der Waals surface area contributed by atoms with E-state index in [4.69, 9.17) is 0 Å². The van der Waals surface area contributed by atoms with Gasteiger partial charge in [0.1, 0.15) is 0 Å². The predicted octanol–water partition coefficient (Wildman–Crippen LogP) is 0.279. The van der Waals surface area contributed by atoms with Crippen LogP contribution in [0.1, 0.15) is 17.3 Å². The van der Waals surface area contributed by atoms with Crippen molar-refractivity contribution in [2.75, 3.05) is 29.9 Å². The molecule has 2 amide bonds. The van der Waals surface area contributed by atoms with Gasteiger partial charge in [0.2, 0.25) is 11.8 Å². The lowest BCUT2D eigenvalue weighted by atomic mass is 10.1. The number of carbonyl (C=O) groups is 3. The van der Waals surface area contributed by atoms with Gasteiger partial charge >= 0.3 is 5.97 Å². The number of rotatable bonds is 3. The van der Waals surface area contributed by atoms with Crippen LogP contribution in [0.4, 0.5) is 11.4 Å². The number of aromatic carboxylic acids is 1. The van der Waals surface area contributed by atoms with E-state index in [9.17, 15) is 19.5 Å². The minimum atomic E-state index is -1.13. The molecule has 0 atom stereocenters. The summed E-state index contributed by atoms with van der Waals surface area (Å²) in [6.07, 6.45) is 0. The second-order valence-corrected chi connectivity index (χ2v) is 4.49. The van der Waals surface area contributed by atoms with Gasteiger partial charge < -0.3 is 20.6 Å². The van der Waals surface area contributed by atoms with Gasteiger partial charge in [-0.3, -0.25) is 9.59 Å². The number of carbonyl (C=O) groups excluding carboxylic acids is 2. The molecule has 0 spiro atoms. The molecule has 0 saturated carbocycles. The molecule has 1 aliphatic heterocycles. The standard InChI is InChI=1S/C13H15N3O4/c1-8(17)15-11-3-2-9(6-10(11)13(19)20)16-5-4-14-12(18)7-16/h2-3,6H,4-5,7H2,1H3,(H,14,18)(H,15,17)(H,19,20). The Labute approximate surface area is 115 Å². The maximum atomic E-state index is 11.4. The molecule has 3 N–H and O–H groups in total. The third-order valence-corrected chi connectivity index (χ3v) is 2.95. The number of carboxylic acids is 1. The van der Waals surface area contributed by atoms with Crippen molar-refractivity contribution < 1.29 is 19.5 Å². The minimum absolute atomic E-state index is 0.00341. The van der Waals surface area contributed by atoms with Gasteiger partial charge in [-0.25, -0.2) is 4.79 Å². The predicted molar refractivity (Wildman–Crippen MR) is 72.9 cm³/mol. The molecule has 1 aliphatic rings. The minimum Gasteiger partial charge on any atom is -0.478 e. The van der Waals surface area contributed by atoms with Gasteiger partial charge in [0.15, 0.2) is 0 Å². The average molecular weight is 277 g/mol. The van der Waals surface area contributed by atoms with Crippen LogP contribution in [-0.2, 0) is 9.59 Å². The molecule has 0 radical (unpaired) electrons. The van der Waals surface area contributed by atoms with Crippen molar-refractivity contribution in [3.63, 3.8) is 0 Å². The normalized spacial score (nSPS) is 14.7. The summed E-state index contributed by atoms with van der Waals surface area (Å²) in [6, 6.07) is 4.69. The van der Waals surface area contributed by atoms with E-state index < -0.39 is 5.97 Å². The van der Waals surface area contributed by atoms with E-state index in [-0.39, 0.29) is 29.6 Å². The summed E-state index contributed by atoms with van der Waals surface area (Å²) in [6.45, 7) is 2.64. The smallest absolute Gasteiger partial charge is 0.337 e. The summed E-state index contributed by atoms with van der Waals surface area (Å²) in [5, 5.41) is 14.4. The van der Waals surface area contributed by atoms with Crippen LogP contribution in [0.3, 0.4) is 0 Å². The van der Waals surface area contributed by atoms with Crippen molar-refractivity contribution in [2.24, 2.45) is 0 Å². The lowest BCUT2D eigenvalue weighted by Crippen LogP contribution is -2.47. The fourth-order valence-corrected chi connectivity index (χ4v) is 2.06. The molecule has 20 heavy (non-hydrogen) atoms. The number of hydrogen-bond acceptors (Lipinski definition) is 4. The second-order valence-electron chi connectivity index (χ2n) is 4.49. The molecule has 0 aliphatic carbocycles. The number of anilines is 2. The summed E-state index contributed by atoms with van der Waals surface area (Å²) in [4.78, 5) is 35.5. The number of nitrogens with one attached hydrogen (secondary N) is 2. The largest absolute Gasteiger partial charge is 0.478 e. The van der Waals surface area contributed by atoms with Gasteiger partial charge in [-0.2, -0.15) is 0 Å². The van der Waals surface area contributed by atoms with Crippen LogP contribution < -0.4 is 15.5 Å². The third-order valence-electron chi connectivity index (χ3n) is 2.95. The first kappa shape index (κ1) is 13.9. The van der Waals surface area contributed by atoms with Gasteiger partial charge in [0.25, 0.3) is 0 Å². The zero-order chi connectivity index (χ0) is 14.7. The Bertz CT molecular complexity index is 571. The van der Waals surface area contributed by atoms with Crippen LogP contribution in [-0.4, -0.2) is 42.5 Å². The molecule has 0 aromatic heterocycles. The summed E-state index contributed by atoms with van der Waals surface area (Å²) in [5.74, 6) is -1.56. The highest BCUT2D eigenvalue weighted by Gasteiger charge is 2.19. The molecule has 7 heteroatoms. The van der Waals surface area contributed by atoms with E-state index in [2.05, 4.69) is 10.6 Å². The maximum absolute atomic E-state index is 11.4. The molecule has 2 rings (SSSR count). The Morgan fingerprint density at radius 1 is 1.40 bits per heavy atom. The van der Waals surface area contributed by atoms with Crippen molar-refractivity contribution in [1.29, 1.82) is 0 Å². The summed E-state index contributed by atoms with van der Waals surface area (Å²) >= 11 is 0. The van der Waals surface area contributed by atoms with E-state index in [1.165, 1.54) is 19.1 Å². The van der Waals surface area contributed by atoms with Crippen LogP contribution in [0.2, 0.25) is 0 Å². The Morgan fingerprint density at radius 2 is 2.15 bits per heavy atom. The molecule has 1 heterocycles. The van der Waals surface area contributed by atoms with Crippen molar-refractivity contribution in [2.45, 2.75) is 6.92 Å². The number of nitrogens with zero attached hydrogens (tertiary/aromatic N) is 1. The van der Waals surface area contributed by atoms with Crippen molar-refractivity contribution in [3.8, 4) is 0 Å². The molecule has 0 unspecified atom stereocenters. The zero-order valence-corrected chi connectivity index (χ0v) is 11.0. The third kappa shape index (κ3) is 3.05. The van der Waals surface area contributed by atoms with E-state index in [0.717, 1.165) is 0 Å². The molecular formula is C13H15N3O4. The number of hydrogen-bond donors (Lipinski definition) is 3. The maximum Gasteiger partial charge on any atom is 0.337 e. The molecule has 0 bridgehead atoms. The first-order chi connectivity index (χ1) is 9.47. The zero-order valence-electron chi connectivity index (χ0n) is 11.0. The molecule has 1 saturated heterocycles. The number of benzene rings is 1. The molecule has 1 aromatic carbocycles. The highest BCUT2D eigenvalue weighted by molar-refractivity contribution is 6.01. The van der Waals surface area contributed by atoms with E-state index in [1.807, 2.05) is 0 Å². The Balaban J connectivity index is 2.31. The molecule has 7 nitrogen and oxygen atoms in total. The monoisotopic (exact) mass is 277 g/mol. The first-order valence-electron chi connectivity index (χ1n) is 6.14. The molecule has 1 fully saturated rings. The van der Waals surface area contributed by atoms with E-state index in [0.29, 0.717) is 18.8 Å². The fourth-order valence-electron chi connectivity index (χ4n) is 2.06. The van der Waals surface area contributed by atoms with Gasteiger partial charge in [-0.05, 0) is 18.2 Å². The summed E-state index contributed by atoms with van der Waals surface area (Å²) in [5.41, 5.74) is 0.894. The van der Waals surface area contributed by atoms with Crippen LogP contribution in [0.25, 0.3) is 0 Å². The van der Waals surface area contributed by atoms with Crippen LogP contribution >= 0.6 is 0 Å². The van der Waals surface area contributed by atoms with Crippen LogP contribution in [0.15, 0.2) is 18.2 Å². The first-order valence-corrected chi connectivity index (χ1v) is 6.14. The molecule has 106 valence electrons. The number of amides is 2. The number of piperazine rings is 1. The van der Waals surface area contributed by atoms with Crippen LogP contribution in [0.5, 0.6) is 0 Å². The van der Waals surface area contributed by atoms with Crippen molar-refractivity contribution >= 4 is 29.2 Å². The lowest BCUT2D eigenvalue weighted by molar-refractivity contribution is -0.120. The Morgan fingerprint density at radius 3 is 2.75 bits per heavy atom. The molecule has 1 aromatic rings. The average Bonchev–Trinajstić information content (AvgIpc) is 2.38. The SMILES string of the molecule is CC(=O)Nc1ccc(N2CCNC(=O)C2)cc1C(=O)O. The fraction of sp³-hybridized carbons (Fsp3) is 0.308. The Kier molecular flexibility index (Phi) is 3.88. The van der Waals surface area contributed by atoms with Gasteiger partial charge in [-0.15, -0.1) is 0 Å². The summed E-state index contributed by atoms with van der Waals surface area (Å²) in [7, 11) is 0. The van der Waals surface area contributed by atoms with Crippen molar-refractivity contribution in [3.05, 3.63) is 23.8 Å². The Hall–Kier alpha value is -2.57. The summed E-state index contributed by atoms with van der Waals surface area (Å²) < 4.78 is 0. The van der Waals surface area contributed by atoms with E-state index >= 15 is 0 Å². The van der Waals surface area contributed by atoms with Gasteiger partial charge in [-0.1, -0.05) is 0 Å². The topological polar surface area (TPSA) is 98.7 Å².